The summed E-state index contributed by atoms with van der Waals surface area (Å²) in [6, 6.07) is 0. The van der Waals surface area contributed by atoms with Crippen molar-refractivity contribution in [2.24, 2.45) is 5.92 Å². The zero-order valence-electron chi connectivity index (χ0n) is 13.8. The van der Waals surface area contributed by atoms with Crippen molar-refractivity contribution in [2.45, 2.75) is 38.8 Å². The number of fused-ring (bicyclic) bond motifs is 1. The third kappa shape index (κ3) is 3.10. The van der Waals surface area contributed by atoms with Gasteiger partial charge in [-0.1, -0.05) is 6.42 Å². The van der Waals surface area contributed by atoms with Gasteiger partial charge in [0.2, 0.25) is 5.91 Å². The number of carbonyl (C=O) groups is 2. The predicted octanol–water partition coefficient (Wildman–Crippen LogP) is 0.828. The van der Waals surface area contributed by atoms with Gasteiger partial charge >= 0.3 is 5.97 Å². The smallest absolute Gasteiger partial charge is 0.356 e. The van der Waals surface area contributed by atoms with Gasteiger partial charge in [0.25, 0.3) is 0 Å². The number of carboxylic acid groups (broad SMARTS) is 1. The van der Waals surface area contributed by atoms with Crippen molar-refractivity contribution in [1.29, 1.82) is 0 Å². The minimum Gasteiger partial charge on any atom is -0.476 e. The SMILES string of the molecule is CN(C)CCn1nc(C(=O)O)c2c1CCN(C(=O)C1CCC1)C2. The zero-order chi connectivity index (χ0) is 16.6. The maximum atomic E-state index is 12.4. The number of likely N-dealkylation sites (N-methyl/N-ethyl adjacent to an activating group) is 1. The highest BCUT2D eigenvalue weighted by atomic mass is 16.4. The van der Waals surface area contributed by atoms with E-state index in [1.165, 1.54) is 0 Å². The van der Waals surface area contributed by atoms with Crippen LogP contribution < -0.4 is 0 Å². The Bertz CT molecular complexity index is 619. The number of carboxylic acids is 1. The van der Waals surface area contributed by atoms with Crippen molar-refractivity contribution in [1.82, 2.24) is 19.6 Å². The van der Waals surface area contributed by atoms with Crippen LogP contribution >= 0.6 is 0 Å². The first-order valence-electron chi connectivity index (χ1n) is 8.22. The lowest BCUT2D eigenvalue weighted by atomic mass is 9.84. The number of carbonyl (C=O) groups excluding carboxylic acids is 1. The summed E-state index contributed by atoms with van der Waals surface area (Å²) in [4.78, 5) is 27.8. The Morgan fingerprint density at radius 2 is 2.09 bits per heavy atom. The largest absolute Gasteiger partial charge is 0.476 e. The number of rotatable bonds is 5. The minimum atomic E-state index is -1.01. The van der Waals surface area contributed by atoms with E-state index < -0.39 is 5.97 Å². The number of amides is 1. The third-order valence-electron chi connectivity index (χ3n) is 4.86. The van der Waals surface area contributed by atoms with E-state index in [4.69, 9.17) is 0 Å². The standard InChI is InChI=1S/C16H24N4O3/c1-18(2)8-9-20-13-6-7-19(15(21)11-4-3-5-11)10-12(13)14(17-20)16(22)23/h11H,3-10H2,1-2H3,(H,22,23). The zero-order valence-corrected chi connectivity index (χ0v) is 13.8. The molecule has 1 N–H and O–H groups in total. The van der Waals surface area contributed by atoms with Crippen LogP contribution in [0.15, 0.2) is 0 Å². The maximum Gasteiger partial charge on any atom is 0.356 e. The first-order valence-corrected chi connectivity index (χ1v) is 8.22. The van der Waals surface area contributed by atoms with Gasteiger partial charge in [-0.05, 0) is 26.9 Å². The summed E-state index contributed by atoms with van der Waals surface area (Å²) >= 11 is 0. The first-order chi connectivity index (χ1) is 11.0. The average molecular weight is 320 g/mol. The average Bonchev–Trinajstić information content (AvgIpc) is 2.81. The lowest BCUT2D eigenvalue weighted by Gasteiger charge is -2.34. The van der Waals surface area contributed by atoms with Crippen LogP contribution in [0.4, 0.5) is 0 Å². The number of nitrogens with zero attached hydrogens (tertiary/aromatic N) is 4. The van der Waals surface area contributed by atoms with Crippen LogP contribution in [0.2, 0.25) is 0 Å². The molecule has 1 aliphatic heterocycles. The second-order valence-corrected chi connectivity index (χ2v) is 6.74. The van der Waals surface area contributed by atoms with E-state index in [1.807, 2.05) is 28.6 Å². The molecular formula is C16H24N4O3. The molecule has 0 unspecified atom stereocenters. The van der Waals surface area contributed by atoms with E-state index in [0.29, 0.717) is 26.1 Å². The van der Waals surface area contributed by atoms with Crippen molar-refractivity contribution in [3.8, 4) is 0 Å². The normalized spacial score (nSPS) is 18.0. The molecule has 23 heavy (non-hydrogen) atoms. The Morgan fingerprint density at radius 1 is 1.35 bits per heavy atom. The summed E-state index contributed by atoms with van der Waals surface area (Å²) in [6.45, 7) is 2.51. The molecule has 7 nitrogen and oxygen atoms in total. The van der Waals surface area contributed by atoms with Crippen molar-refractivity contribution in [2.75, 3.05) is 27.2 Å². The summed E-state index contributed by atoms with van der Waals surface area (Å²) in [5, 5.41) is 13.7. The Balaban J connectivity index is 1.82. The second-order valence-electron chi connectivity index (χ2n) is 6.74. The Morgan fingerprint density at radius 3 is 2.65 bits per heavy atom. The number of hydrogen-bond donors (Lipinski definition) is 1. The predicted molar refractivity (Wildman–Crippen MR) is 84.2 cm³/mol. The molecule has 2 aliphatic rings. The third-order valence-corrected chi connectivity index (χ3v) is 4.86. The van der Waals surface area contributed by atoms with Gasteiger partial charge in [0, 0.05) is 43.2 Å². The van der Waals surface area contributed by atoms with Gasteiger partial charge in [0.05, 0.1) is 6.54 Å². The van der Waals surface area contributed by atoms with Crippen LogP contribution in [-0.4, -0.2) is 63.7 Å². The van der Waals surface area contributed by atoms with Gasteiger partial charge in [0.1, 0.15) is 0 Å². The molecule has 0 aromatic carbocycles. The minimum absolute atomic E-state index is 0.102. The fourth-order valence-corrected chi connectivity index (χ4v) is 3.24. The highest BCUT2D eigenvalue weighted by Crippen LogP contribution is 2.31. The molecule has 0 spiro atoms. The molecule has 3 rings (SSSR count). The summed E-state index contributed by atoms with van der Waals surface area (Å²) < 4.78 is 1.81. The molecule has 0 saturated heterocycles. The number of aromatic carboxylic acids is 1. The summed E-state index contributed by atoms with van der Waals surface area (Å²) in [7, 11) is 3.96. The van der Waals surface area contributed by atoms with Crippen LogP contribution in [0.5, 0.6) is 0 Å². The van der Waals surface area contributed by atoms with Crippen LogP contribution in [-0.2, 0) is 24.3 Å². The van der Waals surface area contributed by atoms with Gasteiger partial charge in [0.15, 0.2) is 5.69 Å². The number of hydrogen-bond acceptors (Lipinski definition) is 4. The Hall–Kier alpha value is -1.89. The summed E-state index contributed by atoms with van der Waals surface area (Å²) in [5.41, 5.74) is 1.79. The molecule has 1 aromatic heterocycles. The maximum absolute atomic E-state index is 12.4. The van der Waals surface area contributed by atoms with Crippen molar-refractivity contribution in [3.05, 3.63) is 17.0 Å². The molecular weight excluding hydrogens is 296 g/mol. The van der Waals surface area contributed by atoms with E-state index in [0.717, 1.165) is 37.1 Å². The van der Waals surface area contributed by atoms with Gasteiger partial charge in [-0.2, -0.15) is 5.10 Å². The molecule has 1 aliphatic carbocycles. The fourth-order valence-electron chi connectivity index (χ4n) is 3.24. The molecule has 126 valence electrons. The highest BCUT2D eigenvalue weighted by molar-refractivity contribution is 5.88. The van der Waals surface area contributed by atoms with E-state index >= 15 is 0 Å². The quantitative estimate of drug-likeness (QED) is 0.869. The van der Waals surface area contributed by atoms with E-state index in [1.54, 1.807) is 0 Å². The molecule has 1 aromatic rings. The molecule has 2 heterocycles. The monoisotopic (exact) mass is 320 g/mol. The molecule has 0 bridgehead atoms. The van der Waals surface area contributed by atoms with E-state index in [-0.39, 0.29) is 17.5 Å². The molecule has 7 heteroatoms. The molecule has 1 saturated carbocycles. The molecule has 1 amide bonds. The Kier molecular flexibility index (Phi) is 4.39. The van der Waals surface area contributed by atoms with Crippen molar-refractivity contribution >= 4 is 11.9 Å². The van der Waals surface area contributed by atoms with Crippen LogP contribution in [0, 0.1) is 5.92 Å². The second kappa shape index (κ2) is 6.31. The van der Waals surface area contributed by atoms with Crippen LogP contribution in [0.1, 0.15) is 41.0 Å². The topological polar surface area (TPSA) is 78.7 Å². The van der Waals surface area contributed by atoms with Gasteiger partial charge in [-0.25, -0.2) is 4.79 Å². The van der Waals surface area contributed by atoms with Gasteiger partial charge in [-0.15, -0.1) is 0 Å². The lowest BCUT2D eigenvalue weighted by Crippen LogP contribution is -2.42. The van der Waals surface area contributed by atoms with Crippen molar-refractivity contribution in [3.63, 3.8) is 0 Å². The molecule has 0 radical (unpaired) electrons. The first kappa shape index (κ1) is 16.0. The van der Waals surface area contributed by atoms with Crippen molar-refractivity contribution < 1.29 is 14.7 Å². The van der Waals surface area contributed by atoms with Crippen LogP contribution in [0.3, 0.4) is 0 Å². The van der Waals surface area contributed by atoms with E-state index in [9.17, 15) is 14.7 Å². The van der Waals surface area contributed by atoms with E-state index in [2.05, 4.69) is 5.10 Å². The fraction of sp³-hybridized carbons (Fsp3) is 0.688. The van der Waals surface area contributed by atoms with Gasteiger partial charge < -0.3 is 14.9 Å². The lowest BCUT2D eigenvalue weighted by molar-refractivity contribution is -0.139. The highest BCUT2D eigenvalue weighted by Gasteiger charge is 2.34. The molecule has 1 fully saturated rings. The summed E-state index contributed by atoms with van der Waals surface area (Å²) in [5.74, 6) is -0.685. The van der Waals surface area contributed by atoms with Crippen LogP contribution in [0.25, 0.3) is 0 Å². The number of aromatic nitrogens is 2. The summed E-state index contributed by atoms with van der Waals surface area (Å²) in [6.07, 6.45) is 3.74. The molecule has 0 atom stereocenters. The Labute approximate surface area is 135 Å². The van der Waals surface area contributed by atoms with Gasteiger partial charge in [-0.3, -0.25) is 9.48 Å².